The van der Waals surface area contributed by atoms with Crippen LogP contribution < -0.4 is 0 Å². The molecule has 0 N–H and O–H groups in total. The van der Waals surface area contributed by atoms with Gasteiger partial charge in [0.2, 0.25) is 0 Å². The number of unbranched alkanes of at least 4 members (excludes halogenated alkanes) is 4. The monoisotopic (exact) mass is 686 g/mol. The number of benzene rings is 3. The van der Waals surface area contributed by atoms with Crippen LogP contribution in [0.2, 0.25) is 0 Å². The maximum absolute atomic E-state index is 3.74. The Morgan fingerprint density at radius 1 is 0.550 bits per heavy atom. The first kappa shape index (κ1) is 29.2. The van der Waals surface area contributed by atoms with Gasteiger partial charge in [0.15, 0.2) is 0 Å². The average Bonchev–Trinajstić information content (AvgIpc) is 3.54. The predicted molar refractivity (Wildman–Crippen MR) is 184 cm³/mol. The van der Waals surface area contributed by atoms with Crippen LogP contribution in [-0.2, 0) is 12.8 Å². The zero-order valence-electron chi connectivity index (χ0n) is 23.0. The second kappa shape index (κ2) is 14.0. The Kier molecular flexibility index (Phi) is 10.2. The van der Waals surface area contributed by atoms with Crippen molar-refractivity contribution in [2.24, 2.45) is 0 Å². The number of halogens is 2. The van der Waals surface area contributed by atoms with Crippen molar-refractivity contribution in [3.8, 4) is 23.7 Å². The van der Waals surface area contributed by atoms with Crippen LogP contribution in [0.4, 0.5) is 0 Å². The van der Waals surface area contributed by atoms with E-state index in [1.54, 1.807) is 22.7 Å². The van der Waals surface area contributed by atoms with E-state index < -0.39 is 0 Å². The minimum absolute atomic E-state index is 1.05. The molecule has 0 aliphatic rings. The van der Waals surface area contributed by atoms with Crippen molar-refractivity contribution in [2.45, 2.75) is 65.2 Å². The van der Waals surface area contributed by atoms with Gasteiger partial charge in [-0.05, 0) is 105 Å². The Hall–Kier alpha value is -2.34. The maximum Gasteiger partial charge on any atom is 0.0711 e. The fourth-order valence-corrected chi connectivity index (χ4v) is 8.14. The fourth-order valence-electron chi connectivity index (χ4n) is 4.89. The smallest absolute Gasteiger partial charge is 0.0711 e. The molecule has 5 rings (SSSR count). The van der Waals surface area contributed by atoms with Gasteiger partial charge >= 0.3 is 0 Å². The number of aryl methyl sites for hydroxylation is 2. The quantitative estimate of drug-likeness (QED) is 0.112. The van der Waals surface area contributed by atoms with Crippen molar-refractivity contribution in [2.75, 3.05) is 0 Å². The van der Waals surface area contributed by atoms with Gasteiger partial charge in [-0.3, -0.25) is 0 Å². The lowest BCUT2D eigenvalue weighted by Gasteiger charge is -2.03. The van der Waals surface area contributed by atoms with Gasteiger partial charge in [-0.25, -0.2) is 0 Å². The van der Waals surface area contributed by atoms with Gasteiger partial charge in [-0.2, -0.15) is 0 Å². The molecular weight excluding hydrogens is 656 g/mol. The fraction of sp³-hybridized carbons (Fsp3) is 0.278. The van der Waals surface area contributed by atoms with Gasteiger partial charge in [-0.15, -0.1) is 22.7 Å². The van der Waals surface area contributed by atoms with Crippen molar-refractivity contribution < 1.29 is 0 Å². The number of thiophene rings is 2. The normalized spacial score (nSPS) is 10.9. The van der Waals surface area contributed by atoms with Crippen LogP contribution in [-0.4, -0.2) is 0 Å². The Labute approximate surface area is 263 Å². The summed E-state index contributed by atoms with van der Waals surface area (Å²) in [4.78, 5) is 0. The summed E-state index contributed by atoms with van der Waals surface area (Å²) in [5, 5.41) is 2.33. The largest absolute Gasteiger partial charge is 0.127 e. The molecule has 0 saturated heterocycles. The molecule has 0 saturated carbocycles. The van der Waals surface area contributed by atoms with Crippen LogP contribution in [0.1, 0.15) is 85.8 Å². The maximum atomic E-state index is 3.74. The summed E-state index contributed by atoms with van der Waals surface area (Å²) in [5.41, 5.74) is 7.04. The Balaban J connectivity index is 1.50. The third kappa shape index (κ3) is 7.10. The summed E-state index contributed by atoms with van der Waals surface area (Å²) >= 11 is 11.0. The first-order valence-electron chi connectivity index (χ1n) is 14.1. The highest BCUT2D eigenvalue weighted by atomic mass is 79.9. The summed E-state index contributed by atoms with van der Waals surface area (Å²) < 4.78 is 4.56. The lowest BCUT2D eigenvalue weighted by atomic mass is 10.0. The van der Waals surface area contributed by atoms with E-state index in [1.165, 1.54) is 59.1 Å². The molecule has 0 radical (unpaired) electrons. The van der Waals surface area contributed by atoms with Crippen LogP contribution >= 0.6 is 54.5 Å². The van der Waals surface area contributed by atoms with Gasteiger partial charge in [0.25, 0.3) is 0 Å². The number of hydrogen-bond acceptors (Lipinski definition) is 2. The van der Waals surface area contributed by atoms with Gasteiger partial charge < -0.3 is 0 Å². The third-order valence-electron chi connectivity index (χ3n) is 7.11. The van der Waals surface area contributed by atoms with E-state index in [9.17, 15) is 0 Å². The molecule has 0 bridgehead atoms. The highest BCUT2D eigenvalue weighted by Crippen LogP contribution is 2.43. The predicted octanol–water partition coefficient (Wildman–Crippen LogP) is 11.9. The van der Waals surface area contributed by atoms with Crippen LogP contribution in [0.5, 0.6) is 0 Å². The highest BCUT2D eigenvalue weighted by Gasteiger charge is 2.17. The number of hydrogen-bond donors (Lipinski definition) is 0. The Morgan fingerprint density at radius 2 is 0.950 bits per heavy atom. The number of fused-ring (bicyclic) bond motifs is 2. The lowest BCUT2D eigenvalue weighted by molar-refractivity contribution is 0.717. The van der Waals surface area contributed by atoms with E-state index in [-0.39, 0.29) is 0 Å². The highest BCUT2D eigenvalue weighted by molar-refractivity contribution is 9.11. The summed E-state index contributed by atoms with van der Waals surface area (Å²) in [7, 11) is 0. The van der Waals surface area contributed by atoms with E-state index >= 15 is 0 Å². The molecule has 3 aromatic carbocycles. The first-order valence-corrected chi connectivity index (χ1v) is 17.3. The molecule has 0 unspecified atom stereocenters. The van der Waals surface area contributed by atoms with Crippen molar-refractivity contribution in [1.82, 2.24) is 0 Å². The molecule has 0 spiro atoms. The lowest BCUT2D eigenvalue weighted by Crippen LogP contribution is -1.87. The molecule has 2 heterocycles. The van der Waals surface area contributed by atoms with Crippen LogP contribution in [0, 0.1) is 23.7 Å². The minimum Gasteiger partial charge on any atom is -0.127 e. The van der Waals surface area contributed by atoms with E-state index in [1.807, 2.05) is 0 Å². The zero-order valence-corrected chi connectivity index (χ0v) is 27.8. The van der Waals surface area contributed by atoms with E-state index in [0.717, 1.165) is 53.4 Å². The van der Waals surface area contributed by atoms with Crippen LogP contribution in [0.3, 0.4) is 0 Å². The van der Waals surface area contributed by atoms with E-state index in [2.05, 4.69) is 130 Å². The SMILES string of the molecule is CCCCCc1ccc(C#Cc2c3cc(Br)sc3c(C#Cc3ccc(CCCCC)cc3)c3cc(Br)sc23)cc1. The molecule has 2 aromatic heterocycles. The van der Waals surface area contributed by atoms with Crippen molar-refractivity contribution in [3.05, 3.63) is 102 Å². The van der Waals surface area contributed by atoms with Gasteiger partial charge in [0.05, 0.1) is 28.1 Å². The van der Waals surface area contributed by atoms with Gasteiger partial charge in [0.1, 0.15) is 0 Å². The Morgan fingerprint density at radius 3 is 1.32 bits per heavy atom. The van der Waals surface area contributed by atoms with Crippen molar-refractivity contribution in [1.29, 1.82) is 0 Å². The molecule has 4 heteroatoms. The van der Waals surface area contributed by atoms with Crippen molar-refractivity contribution >= 4 is 74.7 Å². The standard InChI is InChI=1S/C36H32Br2S2/c1-3-5-7-9-25-11-15-27(16-12-25)19-21-29-31-23-33(37)40-36(31)30(32-24-34(38)39-35(29)32)22-20-28-17-13-26(14-18-28)10-8-6-4-2/h11-18,23-24H,3-10H2,1-2H3. The van der Waals surface area contributed by atoms with Crippen LogP contribution in [0.25, 0.3) is 20.2 Å². The molecule has 40 heavy (non-hydrogen) atoms. The van der Waals surface area contributed by atoms with Crippen molar-refractivity contribution in [3.63, 3.8) is 0 Å². The molecule has 5 aromatic rings. The number of rotatable bonds is 8. The Bertz CT molecular complexity index is 1550. The summed E-state index contributed by atoms with van der Waals surface area (Å²) in [6.45, 7) is 4.50. The summed E-state index contributed by atoms with van der Waals surface area (Å²) in [6, 6.07) is 21.9. The second-order valence-electron chi connectivity index (χ2n) is 10.1. The second-order valence-corrected chi connectivity index (χ2v) is 15.0. The molecule has 0 aliphatic carbocycles. The molecule has 0 fully saturated rings. The third-order valence-corrected chi connectivity index (χ3v) is 10.4. The molecular formula is C36H32Br2S2. The molecule has 202 valence electrons. The first-order chi connectivity index (χ1) is 19.6. The minimum atomic E-state index is 1.05. The summed E-state index contributed by atoms with van der Waals surface area (Å²) in [5.74, 6) is 14.0. The van der Waals surface area contributed by atoms with Crippen LogP contribution in [0.15, 0.2) is 68.2 Å². The van der Waals surface area contributed by atoms with Gasteiger partial charge in [0, 0.05) is 21.9 Å². The molecule has 0 aliphatic heterocycles. The van der Waals surface area contributed by atoms with Gasteiger partial charge in [-0.1, -0.05) is 87.5 Å². The molecule has 0 amide bonds. The van der Waals surface area contributed by atoms with E-state index in [0.29, 0.717) is 0 Å². The molecule has 0 nitrogen and oxygen atoms in total. The summed E-state index contributed by atoms with van der Waals surface area (Å²) in [6.07, 6.45) is 9.84. The average molecular weight is 689 g/mol. The molecule has 0 atom stereocenters. The van der Waals surface area contributed by atoms with E-state index in [4.69, 9.17) is 0 Å². The zero-order chi connectivity index (χ0) is 27.9. The topological polar surface area (TPSA) is 0 Å².